The van der Waals surface area contributed by atoms with Gasteiger partial charge in [0.15, 0.2) is 6.10 Å². The van der Waals surface area contributed by atoms with Crippen LogP contribution in [0, 0.1) is 0 Å². The summed E-state index contributed by atoms with van der Waals surface area (Å²) in [5.41, 5.74) is 1.65. The van der Waals surface area contributed by atoms with Crippen molar-refractivity contribution in [3.05, 3.63) is 63.6 Å². The fraction of sp³-hybridized carbons (Fsp3) is 0.364. The van der Waals surface area contributed by atoms with Crippen LogP contribution < -0.4 is 4.74 Å². The third-order valence-electron chi connectivity index (χ3n) is 5.59. The molecule has 158 valence electrons. The van der Waals surface area contributed by atoms with Crippen LogP contribution in [0.4, 0.5) is 0 Å². The maximum Gasteiger partial charge on any atom is 0.327 e. The largest absolute Gasteiger partial charge is 0.480 e. The minimum atomic E-state index is -0.602. The molecule has 2 aliphatic heterocycles. The number of piperazine rings is 1. The number of nitrogens with zero attached hydrogens (tertiary/aromatic N) is 2. The summed E-state index contributed by atoms with van der Waals surface area (Å²) >= 11 is 12.4. The molecule has 6 nitrogen and oxygen atoms in total. The second kappa shape index (κ2) is 8.84. The summed E-state index contributed by atoms with van der Waals surface area (Å²) in [6, 6.07) is 12.1. The predicted octanol–water partition coefficient (Wildman–Crippen LogP) is 3.36. The Morgan fingerprint density at radius 3 is 2.53 bits per heavy atom. The van der Waals surface area contributed by atoms with Crippen LogP contribution in [-0.2, 0) is 20.7 Å². The number of benzene rings is 2. The van der Waals surface area contributed by atoms with Crippen LogP contribution in [-0.4, -0.2) is 61.1 Å². The fourth-order valence-corrected chi connectivity index (χ4v) is 4.47. The predicted molar refractivity (Wildman–Crippen MR) is 114 cm³/mol. The molecule has 0 radical (unpaired) electrons. The van der Waals surface area contributed by atoms with Crippen molar-refractivity contribution in [3.8, 4) is 5.75 Å². The molecule has 2 aromatic rings. The van der Waals surface area contributed by atoms with E-state index in [4.69, 9.17) is 32.7 Å². The molecule has 1 fully saturated rings. The van der Waals surface area contributed by atoms with Crippen molar-refractivity contribution in [3.63, 3.8) is 0 Å². The Morgan fingerprint density at radius 1 is 1.10 bits per heavy atom. The van der Waals surface area contributed by atoms with Crippen molar-refractivity contribution in [2.45, 2.75) is 18.6 Å². The molecular weight excluding hydrogens is 427 g/mol. The van der Waals surface area contributed by atoms with E-state index in [1.165, 1.54) is 7.11 Å². The number of rotatable bonds is 4. The van der Waals surface area contributed by atoms with E-state index < -0.39 is 12.1 Å². The minimum absolute atomic E-state index is 0.0469. The lowest BCUT2D eigenvalue weighted by atomic mass is 10.0. The van der Waals surface area contributed by atoms with Gasteiger partial charge in [-0.25, -0.2) is 4.79 Å². The summed E-state index contributed by atoms with van der Waals surface area (Å²) in [6.45, 7) is 2.05. The van der Waals surface area contributed by atoms with Crippen molar-refractivity contribution in [1.82, 2.24) is 9.80 Å². The van der Waals surface area contributed by atoms with Crippen molar-refractivity contribution < 1.29 is 19.1 Å². The highest BCUT2D eigenvalue weighted by Gasteiger charge is 2.37. The number of halogens is 2. The zero-order valence-electron chi connectivity index (χ0n) is 16.5. The molecule has 2 aromatic carbocycles. The lowest BCUT2D eigenvalue weighted by molar-refractivity contribution is -0.149. The molecule has 0 spiro atoms. The Labute approximate surface area is 185 Å². The van der Waals surface area contributed by atoms with Crippen molar-refractivity contribution in [2.75, 3.05) is 33.3 Å². The van der Waals surface area contributed by atoms with Crippen LogP contribution in [0.25, 0.3) is 0 Å². The molecule has 2 heterocycles. The Balaban J connectivity index is 1.42. The Hall–Kier alpha value is -2.28. The molecular formula is C22H22Cl2N2O4. The molecule has 0 aromatic heterocycles. The Bertz CT molecular complexity index is 960. The highest BCUT2D eigenvalue weighted by atomic mass is 35.5. The van der Waals surface area contributed by atoms with E-state index in [0.29, 0.717) is 54.0 Å². The second-order valence-corrected chi connectivity index (χ2v) is 8.21. The summed E-state index contributed by atoms with van der Waals surface area (Å²) < 4.78 is 10.9. The molecule has 0 aliphatic carbocycles. The number of carbonyl (C=O) groups is 2. The van der Waals surface area contributed by atoms with E-state index in [1.54, 1.807) is 23.1 Å². The third-order valence-corrected chi connectivity index (χ3v) is 6.17. The van der Waals surface area contributed by atoms with Crippen molar-refractivity contribution >= 4 is 35.1 Å². The van der Waals surface area contributed by atoms with Gasteiger partial charge in [0.1, 0.15) is 11.8 Å². The van der Waals surface area contributed by atoms with Gasteiger partial charge in [-0.15, -0.1) is 0 Å². The SMILES string of the molecule is COC(=O)C(c1ccccc1Cl)N1CCN(C(=O)C2Cc3cc(Cl)ccc3O2)CC1. The van der Waals surface area contributed by atoms with Gasteiger partial charge in [0, 0.05) is 42.6 Å². The van der Waals surface area contributed by atoms with E-state index in [0.717, 1.165) is 5.56 Å². The van der Waals surface area contributed by atoms with Crippen LogP contribution in [0.5, 0.6) is 5.75 Å². The Kier molecular flexibility index (Phi) is 6.18. The molecule has 2 unspecified atom stereocenters. The minimum Gasteiger partial charge on any atom is -0.480 e. The normalized spacial score (nSPS) is 19.7. The quantitative estimate of drug-likeness (QED) is 0.671. The Morgan fingerprint density at radius 2 is 1.83 bits per heavy atom. The average Bonchev–Trinajstić information content (AvgIpc) is 3.18. The topological polar surface area (TPSA) is 59.1 Å². The zero-order valence-corrected chi connectivity index (χ0v) is 18.0. The number of ether oxygens (including phenoxy) is 2. The van der Waals surface area contributed by atoms with Gasteiger partial charge < -0.3 is 14.4 Å². The molecule has 4 rings (SSSR count). The monoisotopic (exact) mass is 448 g/mol. The standard InChI is InChI=1S/C22H22Cl2N2O4/c1-29-22(28)20(16-4-2-3-5-17(16)24)25-8-10-26(11-9-25)21(27)19-13-14-12-15(23)6-7-18(14)30-19/h2-7,12,19-20H,8-11,13H2,1H3. The number of fused-ring (bicyclic) bond motifs is 1. The summed E-state index contributed by atoms with van der Waals surface area (Å²) in [5, 5.41) is 1.15. The number of hydrogen-bond donors (Lipinski definition) is 0. The van der Waals surface area contributed by atoms with Crippen molar-refractivity contribution in [1.29, 1.82) is 0 Å². The average molecular weight is 449 g/mol. The molecule has 8 heteroatoms. The molecule has 0 N–H and O–H groups in total. The summed E-state index contributed by atoms with van der Waals surface area (Å²) in [4.78, 5) is 29.3. The maximum absolute atomic E-state index is 13.0. The lowest BCUT2D eigenvalue weighted by Crippen LogP contribution is -2.53. The number of carbonyl (C=O) groups excluding carboxylic acids is 2. The summed E-state index contributed by atoms with van der Waals surface area (Å²) in [5.74, 6) is 0.296. The number of amides is 1. The van der Waals surface area contributed by atoms with Gasteiger partial charge in [-0.2, -0.15) is 0 Å². The van der Waals surface area contributed by atoms with Crippen molar-refractivity contribution in [2.24, 2.45) is 0 Å². The van der Waals surface area contributed by atoms with E-state index in [9.17, 15) is 9.59 Å². The van der Waals surface area contributed by atoms with Crippen LogP contribution in [0.3, 0.4) is 0 Å². The molecule has 0 saturated carbocycles. The highest BCUT2D eigenvalue weighted by molar-refractivity contribution is 6.31. The number of hydrogen-bond acceptors (Lipinski definition) is 5. The van der Waals surface area contributed by atoms with E-state index in [2.05, 4.69) is 0 Å². The smallest absolute Gasteiger partial charge is 0.327 e. The van der Waals surface area contributed by atoms with Crippen LogP contribution in [0.2, 0.25) is 10.0 Å². The summed E-state index contributed by atoms with van der Waals surface area (Å²) in [7, 11) is 1.37. The van der Waals surface area contributed by atoms with Gasteiger partial charge in [-0.3, -0.25) is 9.69 Å². The van der Waals surface area contributed by atoms with Gasteiger partial charge in [0.25, 0.3) is 5.91 Å². The first-order valence-electron chi connectivity index (χ1n) is 9.78. The number of methoxy groups -OCH3 is 1. The molecule has 30 heavy (non-hydrogen) atoms. The summed E-state index contributed by atoms with van der Waals surface area (Å²) in [6.07, 6.45) is -0.0238. The van der Waals surface area contributed by atoms with Gasteiger partial charge >= 0.3 is 5.97 Å². The van der Waals surface area contributed by atoms with E-state index in [1.807, 2.05) is 29.2 Å². The molecule has 2 atom stereocenters. The van der Waals surface area contributed by atoms with Gasteiger partial charge in [-0.1, -0.05) is 41.4 Å². The van der Waals surface area contributed by atoms with Gasteiger partial charge in [0.2, 0.25) is 0 Å². The first-order chi connectivity index (χ1) is 14.5. The van der Waals surface area contributed by atoms with Gasteiger partial charge in [0.05, 0.1) is 7.11 Å². The van der Waals surface area contributed by atoms with E-state index >= 15 is 0 Å². The molecule has 0 bridgehead atoms. The lowest BCUT2D eigenvalue weighted by Gasteiger charge is -2.39. The highest BCUT2D eigenvalue weighted by Crippen LogP contribution is 2.33. The first kappa shape index (κ1) is 21.0. The zero-order chi connectivity index (χ0) is 21.3. The fourth-order valence-electron chi connectivity index (χ4n) is 4.04. The van der Waals surface area contributed by atoms with E-state index in [-0.39, 0.29) is 11.9 Å². The molecule has 1 amide bonds. The second-order valence-electron chi connectivity index (χ2n) is 7.37. The van der Waals surface area contributed by atoms with Gasteiger partial charge in [-0.05, 0) is 35.4 Å². The van der Waals surface area contributed by atoms with Crippen LogP contribution in [0.1, 0.15) is 17.2 Å². The third kappa shape index (κ3) is 4.13. The molecule has 2 aliphatic rings. The van der Waals surface area contributed by atoms with Crippen LogP contribution in [0.15, 0.2) is 42.5 Å². The van der Waals surface area contributed by atoms with Crippen LogP contribution >= 0.6 is 23.2 Å². The molecule has 1 saturated heterocycles. The first-order valence-corrected chi connectivity index (χ1v) is 10.5. The number of esters is 1. The maximum atomic E-state index is 13.0.